The quantitative estimate of drug-likeness (QED) is 0.828. The molecule has 0 spiro atoms. The second-order valence-electron chi connectivity index (χ2n) is 6.48. The molecule has 0 bridgehead atoms. The lowest BCUT2D eigenvalue weighted by atomic mass is 10.0. The minimum absolute atomic E-state index is 0.432. The van der Waals surface area contributed by atoms with Gasteiger partial charge in [-0.3, -0.25) is 0 Å². The van der Waals surface area contributed by atoms with Gasteiger partial charge in [-0.2, -0.15) is 0 Å². The summed E-state index contributed by atoms with van der Waals surface area (Å²) in [6.45, 7) is 2.88. The van der Waals surface area contributed by atoms with Crippen molar-refractivity contribution >= 4 is 27.7 Å². The first-order valence-electron chi connectivity index (χ1n) is 8.16. The van der Waals surface area contributed by atoms with Crippen molar-refractivity contribution in [3.8, 4) is 0 Å². The number of nitrogens with one attached hydrogen (secondary N) is 1. The highest BCUT2D eigenvalue weighted by Crippen LogP contribution is 2.26. The Kier molecular flexibility index (Phi) is 4.87. The number of likely N-dealkylation sites (tertiary alicyclic amines) is 1. The lowest BCUT2D eigenvalue weighted by Gasteiger charge is -2.18. The maximum absolute atomic E-state index is 10.9. The Bertz CT molecular complexity index is 783. The zero-order chi connectivity index (χ0) is 16.4. The van der Waals surface area contributed by atoms with Gasteiger partial charge in [0.15, 0.2) is 0 Å². The van der Waals surface area contributed by atoms with Gasteiger partial charge >= 0.3 is 0 Å². The van der Waals surface area contributed by atoms with Crippen molar-refractivity contribution in [2.24, 2.45) is 0 Å². The molecule has 0 saturated carbocycles. The van der Waals surface area contributed by atoms with Crippen LogP contribution in [0.3, 0.4) is 0 Å². The highest BCUT2D eigenvalue weighted by atomic mass is 32.2. The number of thiol groups is 1. The Labute approximate surface area is 139 Å². The Morgan fingerprint density at radius 2 is 2.26 bits per heavy atom. The molecule has 0 unspecified atom stereocenters. The summed E-state index contributed by atoms with van der Waals surface area (Å²) in [5, 5.41) is 0.810. The van der Waals surface area contributed by atoms with Gasteiger partial charge in [-0.05, 0) is 63.0 Å². The van der Waals surface area contributed by atoms with Gasteiger partial charge in [-0.15, -0.1) is 0 Å². The average molecular weight is 332 g/mol. The van der Waals surface area contributed by atoms with E-state index < -0.39 is 16.0 Å². The maximum atomic E-state index is 10.9. The summed E-state index contributed by atoms with van der Waals surface area (Å²) in [6.07, 6.45) is 9.35. The van der Waals surface area contributed by atoms with Crippen LogP contribution in [-0.4, -0.2) is 43.2 Å². The van der Waals surface area contributed by atoms with E-state index in [1.165, 1.54) is 30.3 Å². The Hall–Kier alpha value is -1.59. The van der Waals surface area contributed by atoms with Gasteiger partial charge < -0.3 is 9.88 Å². The zero-order valence-corrected chi connectivity index (χ0v) is 14.6. The van der Waals surface area contributed by atoms with E-state index in [2.05, 4.69) is 35.3 Å². The lowest BCUT2D eigenvalue weighted by Crippen LogP contribution is -2.26. The highest BCUT2D eigenvalue weighted by molar-refractivity contribution is 7.73. The summed E-state index contributed by atoms with van der Waals surface area (Å²) >= 11 is 0. The number of H-pyrrole nitrogens is 1. The topological polar surface area (TPSA) is 53.2 Å². The number of hydrogen-bond donors (Lipinski definition) is 2. The van der Waals surface area contributed by atoms with Gasteiger partial charge in [0.2, 0.25) is 0 Å². The monoisotopic (exact) mass is 332 g/mol. The lowest BCUT2D eigenvalue weighted by molar-refractivity contribution is 0.310. The maximum Gasteiger partial charge on any atom is 0.146 e. The molecule has 1 aromatic heterocycles. The minimum Gasteiger partial charge on any atom is -0.361 e. The van der Waals surface area contributed by atoms with Crippen molar-refractivity contribution < 1.29 is 8.42 Å². The molecular weight excluding hydrogens is 308 g/mol. The number of fused-ring (bicyclic) bond motifs is 1. The van der Waals surface area contributed by atoms with Gasteiger partial charge in [0, 0.05) is 23.1 Å². The van der Waals surface area contributed by atoms with Crippen LogP contribution in [0.25, 0.3) is 17.0 Å². The molecule has 2 atom stereocenters. The van der Waals surface area contributed by atoms with Crippen molar-refractivity contribution in [1.29, 1.82) is 0 Å². The van der Waals surface area contributed by atoms with Crippen LogP contribution in [0, 0.1) is 0 Å². The fraction of sp³-hybridized carbons (Fsp3) is 0.444. The van der Waals surface area contributed by atoms with Crippen molar-refractivity contribution in [3.63, 3.8) is 0 Å². The second-order valence-corrected chi connectivity index (χ2v) is 7.87. The van der Waals surface area contributed by atoms with E-state index in [9.17, 15) is 8.42 Å². The minimum atomic E-state index is -2.40. The molecular formula is C18H24N2O2S. The molecule has 124 valence electrons. The molecule has 2 aromatic rings. The van der Waals surface area contributed by atoms with E-state index in [1.807, 2.05) is 12.1 Å². The molecule has 3 rings (SSSR count). The molecule has 23 heavy (non-hydrogen) atoms. The first-order valence-corrected chi connectivity index (χ1v) is 9.41. The number of nitrogens with zero attached hydrogens (tertiary/aromatic N) is 1. The van der Waals surface area contributed by atoms with E-state index in [0.29, 0.717) is 6.04 Å². The van der Waals surface area contributed by atoms with Crippen molar-refractivity contribution in [2.45, 2.75) is 37.5 Å². The Balaban J connectivity index is 1.85. The molecule has 1 aliphatic rings. The molecule has 0 aliphatic carbocycles. The molecule has 5 heteroatoms. The van der Waals surface area contributed by atoms with Crippen LogP contribution < -0.4 is 0 Å². The summed E-state index contributed by atoms with van der Waals surface area (Å²) in [5.41, 5.74) is 3.53. The summed E-state index contributed by atoms with van der Waals surface area (Å²) in [6, 6.07) is 6.86. The van der Waals surface area contributed by atoms with Gasteiger partial charge in [0.05, 0.1) is 5.25 Å². The van der Waals surface area contributed by atoms with Gasteiger partial charge in [-0.25, -0.2) is 8.42 Å². The second kappa shape index (κ2) is 6.89. The van der Waals surface area contributed by atoms with Crippen molar-refractivity contribution in [2.75, 3.05) is 13.6 Å². The predicted molar refractivity (Wildman–Crippen MR) is 96.5 cm³/mol. The normalized spacial score (nSPS) is 20.9. The summed E-state index contributed by atoms with van der Waals surface area (Å²) < 4.78 is 21.9. The molecule has 1 aliphatic heterocycles. The number of aromatic nitrogens is 1. The SMILES string of the molecule is C[C@H](C=Cc1ccc2[nH]cc(C[C@H]3CCCN3C)c2c1)[SH](=O)=O. The number of hydrogen-bond acceptors (Lipinski definition) is 3. The van der Waals surface area contributed by atoms with E-state index in [0.717, 1.165) is 17.5 Å². The van der Waals surface area contributed by atoms with Crippen LogP contribution in [0.4, 0.5) is 0 Å². The number of likely N-dealkylation sites (N-methyl/N-ethyl adjacent to an activating group) is 1. The molecule has 1 saturated heterocycles. The van der Waals surface area contributed by atoms with E-state index in [4.69, 9.17) is 0 Å². The molecule has 0 radical (unpaired) electrons. The zero-order valence-electron chi connectivity index (χ0n) is 13.7. The standard InChI is InChI=1S/C18H24N2O2S/c1-13(23(21)22)5-6-14-7-8-18-17(10-14)15(12-19-18)11-16-4-3-9-20(16)2/h5-8,10,12-13,16,19,23H,3-4,9,11H2,1-2H3/t13-,16-/m1/s1. The van der Waals surface area contributed by atoms with E-state index in [-0.39, 0.29) is 0 Å². The highest BCUT2D eigenvalue weighted by Gasteiger charge is 2.22. The average Bonchev–Trinajstić information content (AvgIpc) is 3.12. The third-order valence-corrected chi connectivity index (χ3v) is 5.66. The fourth-order valence-electron chi connectivity index (χ4n) is 3.28. The van der Waals surface area contributed by atoms with Gasteiger partial charge in [-0.1, -0.05) is 18.2 Å². The number of rotatable bonds is 5. The molecule has 1 N–H and O–H groups in total. The Morgan fingerprint density at radius 1 is 1.43 bits per heavy atom. The first kappa shape index (κ1) is 16.3. The molecule has 1 fully saturated rings. The van der Waals surface area contributed by atoms with Crippen molar-refractivity contribution in [3.05, 3.63) is 41.6 Å². The number of benzene rings is 1. The largest absolute Gasteiger partial charge is 0.361 e. The summed E-state index contributed by atoms with van der Waals surface area (Å²) in [4.78, 5) is 5.79. The van der Waals surface area contributed by atoms with Gasteiger partial charge in [0.25, 0.3) is 0 Å². The fourth-order valence-corrected chi connectivity index (χ4v) is 3.51. The third kappa shape index (κ3) is 3.67. The van der Waals surface area contributed by atoms with Crippen LogP contribution in [0.1, 0.15) is 30.9 Å². The van der Waals surface area contributed by atoms with Crippen LogP contribution in [0.5, 0.6) is 0 Å². The molecule has 2 heterocycles. The summed E-state index contributed by atoms with van der Waals surface area (Å²) in [7, 11) is -0.202. The smallest absolute Gasteiger partial charge is 0.146 e. The summed E-state index contributed by atoms with van der Waals surface area (Å²) in [5.74, 6) is 0. The van der Waals surface area contributed by atoms with E-state index >= 15 is 0 Å². The van der Waals surface area contributed by atoms with Crippen LogP contribution >= 0.6 is 0 Å². The van der Waals surface area contributed by atoms with Crippen LogP contribution in [0.2, 0.25) is 0 Å². The van der Waals surface area contributed by atoms with Crippen LogP contribution in [-0.2, 0) is 17.1 Å². The van der Waals surface area contributed by atoms with Crippen molar-refractivity contribution in [1.82, 2.24) is 9.88 Å². The Morgan fingerprint density at radius 3 is 2.96 bits per heavy atom. The van der Waals surface area contributed by atoms with Crippen LogP contribution in [0.15, 0.2) is 30.5 Å². The predicted octanol–water partition coefficient (Wildman–Crippen LogP) is 2.82. The molecule has 4 nitrogen and oxygen atoms in total. The number of aromatic amines is 1. The molecule has 1 aromatic carbocycles. The third-order valence-electron chi connectivity index (χ3n) is 4.82. The van der Waals surface area contributed by atoms with E-state index in [1.54, 1.807) is 13.0 Å². The van der Waals surface area contributed by atoms with Gasteiger partial charge in [0.1, 0.15) is 10.7 Å². The first-order chi connectivity index (χ1) is 11.0. The molecule has 0 amide bonds.